The predicted octanol–water partition coefficient (Wildman–Crippen LogP) is 3.87. The Kier molecular flexibility index (Phi) is 5.58. The molecule has 1 aliphatic carbocycles. The molecule has 1 atom stereocenters. The lowest BCUT2D eigenvalue weighted by Crippen LogP contribution is -2.18. The summed E-state index contributed by atoms with van der Waals surface area (Å²) in [5.41, 5.74) is 0. The molecule has 0 aromatic carbocycles. The maximum atomic E-state index is 11.0. The van der Waals surface area contributed by atoms with Crippen LogP contribution in [0.4, 0.5) is 0 Å². The Morgan fingerprint density at radius 3 is 2.44 bits per heavy atom. The van der Waals surface area contributed by atoms with Gasteiger partial charge in [0.1, 0.15) is 0 Å². The molecule has 16 heavy (non-hydrogen) atoms. The van der Waals surface area contributed by atoms with Crippen molar-refractivity contribution < 1.29 is 9.90 Å². The molecule has 0 radical (unpaired) electrons. The van der Waals surface area contributed by atoms with Gasteiger partial charge in [0, 0.05) is 0 Å². The molecular formula is C14H24O2. The monoisotopic (exact) mass is 224 g/mol. The highest BCUT2D eigenvalue weighted by atomic mass is 16.4. The van der Waals surface area contributed by atoms with Crippen LogP contribution >= 0.6 is 0 Å². The van der Waals surface area contributed by atoms with Gasteiger partial charge in [-0.05, 0) is 24.7 Å². The van der Waals surface area contributed by atoms with Crippen molar-refractivity contribution >= 4 is 5.97 Å². The Balaban J connectivity index is 2.25. The highest BCUT2D eigenvalue weighted by molar-refractivity contribution is 5.70. The van der Waals surface area contributed by atoms with Crippen molar-refractivity contribution in [1.82, 2.24) is 0 Å². The van der Waals surface area contributed by atoms with Crippen LogP contribution in [-0.4, -0.2) is 11.1 Å². The van der Waals surface area contributed by atoms with Crippen LogP contribution in [0.15, 0.2) is 12.2 Å². The van der Waals surface area contributed by atoms with Crippen molar-refractivity contribution in [3.05, 3.63) is 12.2 Å². The van der Waals surface area contributed by atoms with E-state index in [-0.39, 0.29) is 11.8 Å². The second-order valence-electron chi connectivity index (χ2n) is 5.28. The molecule has 2 nitrogen and oxygen atoms in total. The van der Waals surface area contributed by atoms with Gasteiger partial charge in [-0.3, -0.25) is 4.79 Å². The van der Waals surface area contributed by atoms with Gasteiger partial charge in [0.15, 0.2) is 0 Å². The van der Waals surface area contributed by atoms with E-state index in [9.17, 15) is 4.79 Å². The number of allylic oxidation sites excluding steroid dienone is 2. The highest BCUT2D eigenvalue weighted by Crippen LogP contribution is 2.28. The molecule has 1 unspecified atom stereocenters. The summed E-state index contributed by atoms with van der Waals surface area (Å²) in [6.45, 7) is 3.95. The van der Waals surface area contributed by atoms with E-state index < -0.39 is 5.97 Å². The first kappa shape index (κ1) is 13.3. The number of carboxylic acid groups (broad SMARTS) is 1. The van der Waals surface area contributed by atoms with E-state index in [1.807, 2.05) is 13.8 Å². The van der Waals surface area contributed by atoms with Crippen LogP contribution in [-0.2, 0) is 4.79 Å². The molecule has 0 spiro atoms. The third-order valence-corrected chi connectivity index (χ3v) is 3.62. The van der Waals surface area contributed by atoms with E-state index in [1.165, 1.54) is 25.7 Å². The van der Waals surface area contributed by atoms with E-state index in [2.05, 4.69) is 12.2 Å². The summed E-state index contributed by atoms with van der Waals surface area (Å²) in [6.07, 6.45) is 11.5. The fraction of sp³-hybridized carbons (Fsp3) is 0.786. The molecular weight excluding hydrogens is 200 g/mol. The Hall–Kier alpha value is -0.790. The van der Waals surface area contributed by atoms with Crippen molar-refractivity contribution in [3.63, 3.8) is 0 Å². The van der Waals surface area contributed by atoms with E-state index in [1.54, 1.807) is 0 Å². The molecule has 1 rings (SSSR count). The summed E-state index contributed by atoms with van der Waals surface area (Å²) in [5.74, 6) is 0.188. The van der Waals surface area contributed by atoms with E-state index in [0.29, 0.717) is 6.42 Å². The zero-order valence-electron chi connectivity index (χ0n) is 10.5. The quantitative estimate of drug-likeness (QED) is 0.695. The van der Waals surface area contributed by atoms with Crippen LogP contribution in [0.3, 0.4) is 0 Å². The number of carbonyl (C=O) groups is 1. The second-order valence-corrected chi connectivity index (χ2v) is 5.28. The van der Waals surface area contributed by atoms with Gasteiger partial charge in [0.2, 0.25) is 0 Å². The summed E-state index contributed by atoms with van der Waals surface area (Å²) in [5, 5.41) is 9.02. The van der Waals surface area contributed by atoms with E-state index in [0.717, 1.165) is 12.3 Å². The molecule has 0 aromatic heterocycles. The van der Waals surface area contributed by atoms with Crippen molar-refractivity contribution in [3.8, 4) is 0 Å². The van der Waals surface area contributed by atoms with Gasteiger partial charge >= 0.3 is 5.97 Å². The molecule has 0 heterocycles. The molecule has 0 aromatic rings. The SMILES string of the molecule is CC(C)C(C/C=C/CC1CCCC1)C(=O)O. The molecule has 1 saturated carbocycles. The topological polar surface area (TPSA) is 37.3 Å². The average molecular weight is 224 g/mol. The number of aliphatic carboxylic acids is 1. The Labute approximate surface area is 98.7 Å². The van der Waals surface area contributed by atoms with Crippen molar-refractivity contribution in [1.29, 1.82) is 0 Å². The number of carboxylic acids is 1. The van der Waals surface area contributed by atoms with Crippen LogP contribution in [0, 0.1) is 17.8 Å². The fourth-order valence-electron chi connectivity index (χ4n) is 2.44. The van der Waals surface area contributed by atoms with Crippen LogP contribution in [0.2, 0.25) is 0 Å². The molecule has 92 valence electrons. The number of hydrogen-bond donors (Lipinski definition) is 1. The minimum Gasteiger partial charge on any atom is -0.481 e. The van der Waals surface area contributed by atoms with Gasteiger partial charge in [0.25, 0.3) is 0 Å². The lowest BCUT2D eigenvalue weighted by molar-refractivity contribution is -0.143. The third kappa shape index (κ3) is 4.38. The summed E-state index contributed by atoms with van der Waals surface area (Å²) < 4.78 is 0. The molecule has 1 N–H and O–H groups in total. The normalized spacial score (nSPS) is 19.7. The number of rotatable bonds is 6. The molecule has 1 aliphatic rings. The summed E-state index contributed by atoms with van der Waals surface area (Å²) in [7, 11) is 0. The minimum atomic E-state index is -0.666. The summed E-state index contributed by atoms with van der Waals surface area (Å²) in [6, 6.07) is 0. The van der Waals surface area contributed by atoms with E-state index in [4.69, 9.17) is 5.11 Å². The summed E-state index contributed by atoms with van der Waals surface area (Å²) >= 11 is 0. The van der Waals surface area contributed by atoms with Gasteiger partial charge < -0.3 is 5.11 Å². The van der Waals surface area contributed by atoms with Gasteiger partial charge in [-0.25, -0.2) is 0 Å². The van der Waals surface area contributed by atoms with Gasteiger partial charge in [-0.15, -0.1) is 0 Å². The van der Waals surface area contributed by atoms with Crippen LogP contribution < -0.4 is 0 Å². The standard InChI is InChI=1S/C14H24O2/c1-11(2)13(14(15)16)10-6-5-9-12-7-3-4-8-12/h5-6,11-13H,3-4,7-10H2,1-2H3,(H,15,16)/b6-5+. The Morgan fingerprint density at radius 1 is 1.31 bits per heavy atom. The fourth-order valence-corrected chi connectivity index (χ4v) is 2.44. The first-order chi connectivity index (χ1) is 7.61. The molecule has 0 aliphatic heterocycles. The smallest absolute Gasteiger partial charge is 0.307 e. The molecule has 2 heteroatoms. The van der Waals surface area contributed by atoms with Crippen molar-refractivity contribution in [2.75, 3.05) is 0 Å². The Bertz CT molecular complexity index is 237. The zero-order valence-corrected chi connectivity index (χ0v) is 10.5. The molecule has 0 bridgehead atoms. The van der Waals surface area contributed by atoms with Gasteiger partial charge in [-0.2, -0.15) is 0 Å². The Morgan fingerprint density at radius 2 is 1.94 bits per heavy atom. The average Bonchev–Trinajstić information content (AvgIpc) is 2.68. The highest BCUT2D eigenvalue weighted by Gasteiger charge is 2.19. The zero-order chi connectivity index (χ0) is 12.0. The first-order valence-electron chi connectivity index (χ1n) is 6.49. The molecule has 0 amide bonds. The molecule has 0 saturated heterocycles. The largest absolute Gasteiger partial charge is 0.481 e. The predicted molar refractivity (Wildman–Crippen MR) is 66.3 cm³/mol. The first-order valence-corrected chi connectivity index (χ1v) is 6.49. The van der Waals surface area contributed by atoms with Crippen molar-refractivity contribution in [2.24, 2.45) is 17.8 Å². The van der Waals surface area contributed by atoms with Gasteiger partial charge in [0.05, 0.1) is 5.92 Å². The van der Waals surface area contributed by atoms with Crippen LogP contribution in [0.25, 0.3) is 0 Å². The van der Waals surface area contributed by atoms with Gasteiger partial charge in [-0.1, -0.05) is 51.7 Å². The second kappa shape index (κ2) is 6.72. The number of hydrogen-bond acceptors (Lipinski definition) is 1. The van der Waals surface area contributed by atoms with Crippen molar-refractivity contribution in [2.45, 2.75) is 52.4 Å². The maximum absolute atomic E-state index is 11.0. The molecule has 1 fully saturated rings. The summed E-state index contributed by atoms with van der Waals surface area (Å²) in [4.78, 5) is 11.0. The van der Waals surface area contributed by atoms with Crippen LogP contribution in [0.1, 0.15) is 52.4 Å². The van der Waals surface area contributed by atoms with E-state index >= 15 is 0 Å². The third-order valence-electron chi connectivity index (χ3n) is 3.62. The maximum Gasteiger partial charge on any atom is 0.307 e. The van der Waals surface area contributed by atoms with Crippen LogP contribution in [0.5, 0.6) is 0 Å². The minimum absolute atomic E-state index is 0.216. The lowest BCUT2D eigenvalue weighted by Gasteiger charge is -2.13. The lowest BCUT2D eigenvalue weighted by atomic mass is 9.92.